The maximum Gasteiger partial charge on any atom is 0.238 e. The largest absolute Gasteiger partial charge is 0.358 e. The minimum Gasteiger partial charge on any atom is -0.358 e. The standard InChI is InChI=1S/C29H26N2O3S/c1-28(2,3)26(33)23-22(24(32)21-13-8-16-35-21)29(19-11-6-7-12-20(19)30-27(29)34)25-18-10-5-4-9-17(18)14-15-31(23)25/h4-16,22-23,25H,1-3H3,(H,30,34)/t22-,23+,25+,29-/m1/s1. The molecule has 1 amide bonds. The lowest BCUT2D eigenvalue weighted by molar-refractivity contribution is -0.131. The Kier molecular flexibility index (Phi) is 4.71. The van der Waals surface area contributed by atoms with Crippen LogP contribution in [0.4, 0.5) is 5.69 Å². The van der Waals surface area contributed by atoms with Gasteiger partial charge in [-0.1, -0.05) is 69.3 Å². The van der Waals surface area contributed by atoms with E-state index < -0.39 is 28.8 Å². The highest BCUT2D eigenvalue weighted by atomic mass is 32.1. The fourth-order valence-corrected chi connectivity index (χ4v) is 6.89. The van der Waals surface area contributed by atoms with E-state index in [1.807, 2.05) is 97.9 Å². The van der Waals surface area contributed by atoms with E-state index in [9.17, 15) is 14.4 Å². The van der Waals surface area contributed by atoms with Crippen LogP contribution in [0, 0.1) is 11.3 Å². The molecule has 1 aromatic heterocycles. The maximum atomic E-state index is 14.3. The van der Waals surface area contributed by atoms with Crippen molar-refractivity contribution in [2.75, 3.05) is 5.32 Å². The van der Waals surface area contributed by atoms with Gasteiger partial charge in [-0.15, -0.1) is 11.3 Å². The minimum absolute atomic E-state index is 0.0458. The molecule has 6 rings (SSSR count). The van der Waals surface area contributed by atoms with E-state index >= 15 is 0 Å². The molecule has 3 aliphatic rings. The second-order valence-electron chi connectivity index (χ2n) is 10.5. The minimum atomic E-state index is -1.25. The van der Waals surface area contributed by atoms with Gasteiger partial charge in [0.2, 0.25) is 5.91 Å². The second kappa shape index (κ2) is 7.49. The van der Waals surface area contributed by atoms with Crippen LogP contribution in [0.3, 0.4) is 0 Å². The SMILES string of the molecule is CC(C)(C)C(=O)[C@@H]1[C@H](C(=O)c2cccs2)[C@@]2(C(=O)Nc3ccccc32)[C@@H]2c3ccccc3C=CN12. The highest BCUT2D eigenvalue weighted by Gasteiger charge is 2.71. The van der Waals surface area contributed by atoms with Crippen LogP contribution in [0.25, 0.3) is 6.08 Å². The Morgan fingerprint density at radius 2 is 1.74 bits per heavy atom. The highest BCUT2D eigenvalue weighted by molar-refractivity contribution is 7.12. The number of thiophene rings is 1. The van der Waals surface area contributed by atoms with E-state index in [4.69, 9.17) is 0 Å². The van der Waals surface area contributed by atoms with Crippen LogP contribution < -0.4 is 5.32 Å². The molecule has 176 valence electrons. The number of Topliss-reactive ketones (excluding diaryl/α,β-unsaturated/α-hetero) is 2. The average molecular weight is 483 g/mol. The predicted octanol–water partition coefficient (Wildman–Crippen LogP) is 5.46. The van der Waals surface area contributed by atoms with Gasteiger partial charge in [0, 0.05) is 17.3 Å². The van der Waals surface area contributed by atoms with Crippen LogP contribution in [-0.4, -0.2) is 28.4 Å². The van der Waals surface area contributed by atoms with Gasteiger partial charge in [-0.3, -0.25) is 14.4 Å². The first-order chi connectivity index (χ1) is 16.8. The summed E-state index contributed by atoms with van der Waals surface area (Å²) >= 11 is 1.35. The van der Waals surface area contributed by atoms with Crippen molar-refractivity contribution >= 4 is 40.6 Å². The lowest BCUT2D eigenvalue weighted by atomic mass is 9.62. The van der Waals surface area contributed by atoms with Crippen LogP contribution in [-0.2, 0) is 15.0 Å². The Labute approximate surface area is 208 Å². The third-order valence-corrected chi connectivity index (χ3v) is 8.51. The summed E-state index contributed by atoms with van der Waals surface area (Å²) in [4.78, 5) is 45.2. The molecular formula is C29H26N2O3S. The van der Waals surface area contributed by atoms with Crippen molar-refractivity contribution < 1.29 is 14.4 Å². The number of hydrogen-bond donors (Lipinski definition) is 1. The van der Waals surface area contributed by atoms with Gasteiger partial charge in [0.05, 0.1) is 22.9 Å². The first-order valence-corrected chi connectivity index (χ1v) is 12.7. The lowest BCUT2D eigenvalue weighted by Gasteiger charge is -2.38. The van der Waals surface area contributed by atoms with E-state index in [1.165, 1.54) is 11.3 Å². The quantitative estimate of drug-likeness (QED) is 0.503. The zero-order chi connectivity index (χ0) is 24.5. The number of nitrogens with one attached hydrogen (secondary N) is 1. The molecule has 0 bridgehead atoms. The topological polar surface area (TPSA) is 66.5 Å². The van der Waals surface area contributed by atoms with Crippen molar-refractivity contribution in [2.45, 2.75) is 38.3 Å². The van der Waals surface area contributed by atoms with Gasteiger partial charge in [-0.2, -0.15) is 0 Å². The van der Waals surface area contributed by atoms with Gasteiger partial charge in [-0.25, -0.2) is 0 Å². The number of ketones is 2. The number of amides is 1. The molecule has 35 heavy (non-hydrogen) atoms. The Balaban J connectivity index is 1.70. The van der Waals surface area contributed by atoms with Crippen LogP contribution in [0.5, 0.6) is 0 Å². The Morgan fingerprint density at radius 3 is 2.49 bits per heavy atom. The van der Waals surface area contributed by atoms with Gasteiger partial charge < -0.3 is 10.2 Å². The first-order valence-electron chi connectivity index (χ1n) is 11.8. The number of benzene rings is 2. The molecule has 1 N–H and O–H groups in total. The molecule has 1 saturated heterocycles. The molecule has 4 heterocycles. The number of para-hydroxylation sites is 1. The van der Waals surface area contributed by atoms with Crippen molar-refractivity contribution in [1.82, 2.24) is 4.90 Å². The molecule has 0 unspecified atom stereocenters. The smallest absolute Gasteiger partial charge is 0.238 e. The Hall–Kier alpha value is -3.51. The fourth-order valence-electron chi connectivity index (χ4n) is 6.18. The van der Waals surface area contributed by atoms with E-state index in [0.29, 0.717) is 10.6 Å². The number of hydrogen-bond acceptors (Lipinski definition) is 5. The zero-order valence-corrected chi connectivity index (χ0v) is 20.6. The van der Waals surface area contributed by atoms with Gasteiger partial charge in [-0.05, 0) is 40.3 Å². The summed E-state index contributed by atoms with van der Waals surface area (Å²) in [6.07, 6.45) is 3.90. The van der Waals surface area contributed by atoms with Crippen molar-refractivity contribution in [3.63, 3.8) is 0 Å². The lowest BCUT2D eigenvalue weighted by Crippen LogP contribution is -2.50. The van der Waals surface area contributed by atoms with Gasteiger partial charge in [0.25, 0.3) is 0 Å². The van der Waals surface area contributed by atoms with Gasteiger partial charge in [0.1, 0.15) is 5.41 Å². The average Bonchev–Trinajstić information content (AvgIpc) is 3.55. The monoisotopic (exact) mass is 482 g/mol. The summed E-state index contributed by atoms with van der Waals surface area (Å²) in [6.45, 7) is 5.64. The first kappa shape index (κ1) is 22.0. The van der Waals surface area contributed by atoms with Crippen molar-refractivity contribution in [2.24, 2.45) is 11.3 Å². The number of anilines is 1. The Morgan fingerprint density at radius 1 is 1.00 bits per heavy atom. The molecule has 4 atom stereocenters. The zero-order valence-electron chi connectivity index (χ0n) is 19.8. The van der Waals surface area contributed by atoms with Gasteiger partial charge in [0.15, 0.2) is 11.6 Å². The summed E-state index contributed by atoms with van der Waals surface area (Å²) in [6, 6.07) is 17.9. The summed E-state index contributed by atoms with van der Waals surface area (Å²) in [5.41, 5.74) is 1.49. The normalized spacial score (nSPS) is 26.3. The summed E-state index contributed by atoms with van der Waals surface area (Å²) in [5, 5.41) is 4.93. The van der Waals surface area contributed by atoms with Gasteiger partial charge >= 0.3 is 0 Å². The summed E-state index contributed by atoms with van der Waals surface area (Å²) in [7, 11) is 0. The van der Waals surface area contributed by atoms with E-state index in [1.54, 1.807) is 6.07 Å². The van der Waals surface area contributed by atoms with Crippen LogP contribution in [0.1, 0.15) is 53.2 Å². The molecule has 6 heteroatoms. The molecule has 0 saturated carbocycles. The molecule has 1 spiro atoms. The van der Waals surface area contributed by atoms with E-state index in [-0.39, 0.29) is 17.5 Å². The highest BCUT2D eigenvalue weighted by Crippen LogP contribution is 2.62. The molecule has 5 nitrogen and oxygen atoms in total. The van der Waals surface area contributed by atoms with Crippen molar-refractivity contribution in [1.29, 1.82) is 0 Å². The van der Waals surface area contributed by atoms with Crippen molar-refractivity contribution in [3.8, 4) is 0 Å². The van der Waals surface area contributed by atoms with Crippen LogP contribution >= 0.6 is 11.3 Å². The molecule has 2 aromatic carbocycles. The number of fused-ring (bicyclic) bond motifs is 6. The summed E-state index contributed by atoms with van der Waals surface area (Å²) < 4.78 is 0. The number of carbonyl (C=O) groups excluding carboxylic acids is 3. The molecule has 0 radical (unpaired) electrons. The van der Waals surface area contributed by atoms with Crippen molar-refractivity contribution in [3.05, 3.63) is 93.8 Å². The molecule has 0 aliphatic carbocycles. The molecule has 3 aliphatic heterocycles. The number of rotatable bonds is 3. The molecular weight excluding hydrogens is 456 g/mol. The number of nitrogens with zero attached hydrogens (tertiary/aromatic N) is 1. The second-order valence-corrected chi connectivity index (χ2v) is 11.5. The third kappa shape index (κ3) is 2.89. The van der Waals surface area contributed by atoms with E-state index in [2.05, 4.69) is 5.32 Å². The Bertz CT molecular complexity index is 1400. The van der Waals surface area contributed by atoms with Crippen LogP contribution in [0.2, 0.25) is 0 Å². The number of carbonyl (C=O) groups is 3. The molecule has 1 fully saturated rings. The fraction of sp³-hybridized carbons (Fsp3) is 0.276. The van der Waals surface area contributed by atoms with Crippen LogP contribution in [0.15, 0.2) is 72.2 Å². The third-order valence-electron chi connectivity index (χ3n) is 7.62. The summed E-state index contributed by atoms with van der Waals surface area (Å²) in [5.74, 6) is -1.31. The molecule has 3 aromatic rings. The predicted molar refractivity (Wildman–Crippen MR) is 137 cm³/mol. The maximum absolute atomic E-state index is 14.3. The van der Waals surface area contributed by atoms with E-state index in [0.717, 1.165) is 16.7 Å².